The van der Waals surface area contributed by atoms with E-state index < -0.39 is 17.4 Å². The van der Waals surface area contributed by atoms with E-state index in [1.165, 1.54) is 20.3 Å². The van der Waals surface area contributed by atoms with Crippen LogP contribution in [0.3, 0.4) is 0 Å². The largest absolute Gasteiger partial charge is 0.494 e. The number of unbranched alkanes of at least 4 members (excludes halogenated alkanes) is 5. The third kappa shape index (κ3) is 11.1. The van der Waals surface area contributed by atoms with Crippen molar-refractivity contribution in [2.75, 3.05) is 27.4 Å². The van der Waals surface area contributed by atoms with E-state index >= 15 is 0 Å². The fourth-order valence-electron chi connectivity index (χ4n) is 3.56. The number of rotatable bonds is 17. The summed E-state index contributed by atoms with van der Waals surface area (Å²) in [7, 11) is 2.78. The van der Waals surface area contributed by atoms with Crippen LogP contribution in [0.4, 0.5) is 0 Å². The Morgan fingerprint density at radius 3 is 2.10 bits per heavy atom. The van der Waals surface area contributed by atoms with E-state index in [2.05, 4.69) is 4.74 Å². The molecule has 0 heterocycles. The van der Waals surface area contributed by atoms with Crippen molar-refractivity contribution >= 4 is 24.0 Å². The first-order valence-corrected chi connectivity index (χ1v) is 13.8. The van der Waals surface area contributed by atoms with Gasteiger partial charge in [0.2, 0.25) is 0 Å². The molecule has 40 heavy (non-hydrogen) atoms. The maximum atomic E-state index is 12.6. The van der Waals surface area contributed by atoms with E-state index in [4.69, 9.17) is 18.9 Å². The summed E-state index contributed by atoms with van der Waals surface area (Å²) in [4.78, 5) is 35.9. The lowest BCUT2D eigenvalue weighted by Gasteiger charge is -2.20. The van der Waals surface area contributed by atoms with E-state index in [9.17, 15) is 14.4 Å². The molecule has 0 saturated heterocycles. The molecule has 0 aliphatic rings. The Labute approximate surface area is 237 Å². The van der Waals surface area contributed by atoms with E-state index in [1.807, 2.05) is 20.8 Å². The first-order valence-electron chi connectivity index (χ1n) is 13.8. The van der Waals surface area contributed by atoms with E-state index in [0.29, 0.717) is 35.8 Å². The Bertz CT molecular complexity index is 1120. The van der Waals surface area contributed by atoms with E-state index in [0.717, 1.165) is 44.9 Å². The Hall–Kier alpha value is -3.81. The van der Waals surface area contributed by atoms with Gasteiger partial charge >= 0.3 is 17.9 Å². The molecule has 8 heteroatoms. The summed E-state index contributed by atoms with van der Waals surface area (Å²) in [6.07, 6.45) is 9.79. The minimum absolute atomic E-state index is 0.116. The van der Waals surface area contributed by atoms with Crippen molar-refractivity contribution in [2.45, 2.75) is 65.7 Å². The monoisotopic (exact) mass is 554 g/mol. The van der Waals surface area contributed by atoms with Gasteiger partial charge in [0.1, 0.15) is 5.75 Å². The highest BCUT2D eigenvalue weighted by Gasteiger charge is 2.26. The van der Waals surface area contributed by atoms with Crippen LogP contribution in [0, 0.1) is 5.41 Å². The van der Waals surface area contributed by atoms with Crippen molar-refractivity contribution < 1.29 is 38.1 Å². The number of ether oxygens (including phenoxy) is 5. The van der Waals surface area contributed by atoms with Crippen molar-refractivity contribution in [3.05, 3.63) is 59.7 Å². The molecule has 2 rings (SSSR count). The molecule has 0 aliphatic heterocycles. The van der Waals surface area contributed by atoms with Gasteiger partial charge in [-0.15, -0.1) is 0 Å². The minimum Gasteiger partial charge on any atom is -0.494 e. The Kier molecular flexibility index (Phi) is 13.8. The highest BCUT2D eigenvalue weighted by Crippen LogP contribution is 2.29. The fourth-order valence-corrected chi connectivity index (χ4v) is 3.56. The van der Waals surface area contributed by atoms with Crippen LogP contribution in [0.25, 0.3) is 6.08 Å². The number of hydrogen-bond acceptors (Lipinski definition) is 8. The molecule has 218 valence electrons. The van der Waals surface area contributed by atoms with Crippen molar-refractivity contribution in [1.29, 1.82) is 0 Å². The summed E-state index contributed by atoms with van der Waals surface area (Å²) in [6.45, 7) is 6.91. The second-order valence-electron chi connectivity index (χ2n) is 10.0. The summed E-state index contributed by atoms with van der Waals surface area (Å²) >= 11 is 0. The van der Waals surface area contributed by atoms with Crippen molar-refractivity contribution in [1.82, 2.24) is 0 Å². The summed E-state index contributed by atoms with van der Waals surface area (Å²) in [5, 5.41) is 0. The zero-order valence-corrected chi connectivity index (χ0v) is 24.3. The first-order chi connectivity index (χ1) is 19.2. The van der Waals surface area contributed by atoms with Crippen LogP contribution in [0.2, 0.25) is 0 Å². The number of benzene rings is 2. The number of carbonyl (C=O) groups excluding carboxylic acids is 3. The molecular formula is C32H42O8. The lowest BCUT2D eigenvalue weighted by Crippen LogP contribution is -2.26. The predicted octanol–water partition coefficient (Wildman–Crippen LogP) is 6.80. The van der Waals surface area contributed by atoms with Gasteiger partial charge in [0.15, 0.2) is 11.5 Å². The SMILES string of the molecule is CCC(C)(C)C(=O)OCCCCCCCCOc1ccc(C(=O)Oc2ccc(/C=C/C(=O)OC)cc2OC)cc1. The molecule has 0 amide bonds. The zero-order valence-electron chi connectivity index (χ0n) is 24.3. The molecule has 2 aromatic rings. The normalized spacial score (nSPS) is 11.2. The predicted molar refractivity (Wildman–Crippen MR) is 154 cm³/mol. The summed E-state index contributed by atoms with van der Waals surface area (Å²) < 4.78 is 26.6. The maximum Gasteiger partial charge on any atom is 0.343 e. The van der Waals surface area contributed by atoms with Crippen molar-refractivity contribution in [2.24, 2.45) is 5.41 Å². The molecule has 2 aromatic carbocycles. The summed E-state index contributed by atoms with van der Waals surface area (Å²) in [5.41, 5.74) is 0.670. The molecule has 0 unspecified atom stereocenters. The van der Waals surface area contributed by atoms with Crippen LogP contribution in [-0.4, -0.2) is 45.3 Å². The van der Waals surface area contributed by atoms with Gasteiger partial charge in [-0.1, -0.05) is 38.7 Å². The lowest BCUT2D eigenvalue weighted by molar-refractivity contribution is -0.154. The van der Waals surface area contributed by atoms with E-state index in [1.54, 1.807) is 48.5 Å². The highest BCUT2D eigenvalue weighted by atomic mass is 16.6. The van der Waals surface area contributed by atoms with Crippen molar-refractivity contribution in [3.63, 3.8) is 0 Å². The van der Waals surface area contributed by atoms with E-state index in [-0.39, 0.29) is 11.7 Å². The van der Waals surface area contributed by atoms with Crippen LogP contribution in [0.5, 0.6) is 17.2 Å². The molecule has 0 saturated carbocycles. The molecule has 8 nitrogen and oxygen atoms in total. The summed E-state index contributed by atoms with van der Waals surface area (Å²) in [5.74, 6) is 0.208. The van der Waals surface area contributed by atoms with Gasteiger partial charge in [-0.25, -0.2) is 9.59 Å². The smallest absolute Gasteiger partial charge is 0.343 e. The molecule has 0 bridgehead atoms. The topological polar surface area (TPSA) is 97.4 Å². The summed E-state index contributed by atoms with van der Waals surface area (Å²) in [6, 6.07) is 11.8. The maximum absolute atomic E-state index is 12.6. The standard InChI is InChI=1S/C32H42O8/c1-6-32(2,3)31(35)39-22-12-10-8-7-9-11-21-38-26-17-15-25(16-18-26)30(34)40-27-19-13-24(23-28(27)36-4)14-20-29(33)37-5/h13-20,23H,6-12,21-22H2,1-5H3/b20-14+. The van der Waals surface area contributed by atoms with Crippen LogP contribution < -0.4 is 14.2 Å². The molecule has 0 aromatic heterocycles. The molecule has 0 spiro atoms. The van der Waals surface area contributed by atoms with Crippen molar-refractivity contribution in [3.8, 4) is 17.2 Å². The highest BCUT2D eigenvalue weighted by molar-refractivity contribution is 5.91. The Morgan fingerprint density at radius 1 is 0.825 bits per heavy atom. The second-order valence-corrected chi connectivity index (χ2v) is 10.0. The van der Waals surface area contributed by atoms with Gasteiger partial charge < -0.3 is 23.7 Å². The molecular weight excluding hydrogens is 512 g/mol. The third-order valence-electron chi connectivity index (χ3n) is 6.57. The molecule has 0 N–H and O–H groups in total. The van der Waals surface area contributed by atoms with Gasteiger partial charge in [0.25, 0.3) is 0 Å². The molecule has 0 radical (unpaired) electrons. The Balaban J connectivity index is 1.67. The van der Waals surface area contributed by atoms with Crippen LogP contribution >= 0.6 is 0 Å². The Morgan fingerprint density at radius 2 is 1.48 bits per heavy atom. The first kappa shape index (κ1) is 32.4. The molecule has 0 aliphatic carbocycles. The number of carbonyl (C=O) groups is 3. The van der Waals surface area contributed by atoms with Crippen LogP contribution in [0.1, 0.15) is 81.6 Å². The fraction of sp³-hybridized carbons (Fsp3) is 0.469. The van der Waals surface area contributed by atoms with Gasteiger partial charge in [0, 0.05) is 6.08 Å². The molecule has 0 atom stereocenters. The second kappa shape index (κ2) is 17.0. The average molecular weight is 555 g/mol. The average Bonchev–Trinajstić information content (AvgIpc) is 2.97. The van der Waals surface area contributed by atoms with Crippen LogP contribution in [0.15, 0.2) is 48.5 Å². The molecule has 0 fully saturated rings. The van der Waals surface area contributed by atoms with Gasteiger partial charge in [-0.3, -0.25) is 4.79 Å². The number of hydrogen-bond donors (Lipinski definition) is 0. The number of esters is 3. The van der Waals surface area contributed by atoms with Gasteiger partial charge in [-0.2, -0.15) is 0 Å². The van der Waals surface area contributed by atoms with Gasteiger partial charge in [-0.05, 0) is 81.1 Å². The lowest BCUT2D eigenvalue weighted by atomic mass is 9.91. The van der Waals surface area contributed by atoms with Crippen LogP contribution in [-0.2, 0) is 19.1 Å². The minimum atomic E-state index is -0.522. The van der Waals surface area contributed by atoms with Gasteiger partial charge in [0.05, 0.1) is 38.4 Å². The quantitative estimate of drug-likeness (QED) is 0.0911. The zero-order chi connectivity index (χ0) is 29.4. The number of methoxy groups -OCH3 is 2. The third-order valence-corrected chi connectivity index (χ3v) is 6.57.